The van der Waals surface area contributed by atoms with Crippen molar-refractivity contribution in [1.82, 2.24) is 20.1 Å². The van der Waals surface area contributed by atoms with E-state index in [2.05, 4.69) is 37.5 Å². The Morgan fingerprint density at radius 1 is 1.52 bits per heavy atom. The molecule has 0 atom stereocenters. The molecule has 8 heteroatoms. The third-order valence-electron chi connectivity index (χ3n) is 2.87. The van der Waals surface area contributed by atoms with Crippen LogP contribution < -0.4 is 11.0 Å². The van der Waals surface area contributed by atoms with E-state index in [0.717, 1.165) is 28.0 Å². The Kier molecular flexibility index (Phi) is 6.04. The predicted octanol–water partition coefficient (Wildman–Crippen LogP) is 1.76. The van der Waals surface area contributed by atoms with Crippen molar-refractivity contribution in [2.45, 2.75) is 16.6 Å². The van der Waals surface area contributed by atoms with Crippen LogP contribution in [0.15, 0.2) is 37.5 Å². The van der Waals surface area contributed by atoms with Crippen LogP contribution in [0.4, 0.5) is 0 Å². The van der Waals surface area contributed by atoms with Crippen molar-refractivity contribution < 1.29 is 4.74 Å². The van der Waals surface area contributed by atoms with E-state index in [4.69, 9.17) is 4.74 Å². The highest BCUT2D eigenvalue weighted by Gasteiger charge is 2.10. The summed E-state index contributed by atoms with van der Waals surface area (Å²) in [7, 11) is 3.38. The van der Waals surface area contributed by atoms with E-state index in [9.17, 15) is 4.79 Å². The first-order valence-electron chi connectivity index (χ1n) is 6.39. The van der Waals surface area contributed by atoms with Crippen LogP contribution in [-0.4, -0.2) is 35.0 Å². The summed E-state index contributed by atoms with van der Waals surface area (Å²) in [5.74, 6) is 0. The molecular formula is C13H17BrN4O2S. The number of hydrogen-bond acceptors (Lipinski definition) is 5. The molecule has 1 heterocycles. The molecular weight excluding hydrogens is 356 g/mol. The fraction of sp³-hybridized carbons (Fsp3) is 0.385. The first-order valence-corrected chi connectivity index (χ1v) is 8.00. The van der Waals surface area contributed by atoms with Crippen LogP contribution in [0.1, 0.15) is 5.56 Å². The van der Waals surface area contributed by atoms with Gasteiger partial charge in [-0.1, -0.05) is 22.0 Å². The zero-order chi connectivity index (χ0) is 15.2. The number of nitrogens with zero attached hydrogens (tertiary/aromatic N) is 2. The molecule has 0 aliphatic heterocycles. The van der Waals surface area contributed by atoms with Gasteiger partial charge in [0.2, 0.25) is 0 Å². The van der Waals surface area contributed by atoms with Crippen LogP contribution in [-0.2, 0) is 18.3 Å². The highest BCUT2D eigenvalue weighted by atomic mass is 79.9. The van der Waals surface area contributed by atoms with Crippen molar-refractivity contribution in [1.29, 1.82) is 0 Å². The molecule has 2 aromatic rings. The van der Waals surface area contributed by atoms with Crippen LogP contribution in [0.3, 0.4) is 0 Å². The maximum atomic E-state index is 11.4. The Hall–Kier alpha value is -1.09. The Balaban J connectivity index is 2.15. The molecule has 0 amide bonds. The van der Waals surface area contributed by atoms with Gasteiger partial charge in [0.15, 0.2) is 5.16 Å². The Morgan fingerprint density at radius 3 is 3.00 bits per heavy atom. The Morgan fingerprint density at radius 2 is 2.33 bits per heavy atom. The summed E-state index contributed by atoms with van der Waals surface area (Å²) in [6.45, 7) is 2.20. The molecule has 2 rings (SSSR count). The van der Waals surface area contributed by atoms with Gasteiger partial charge in [0, 0.05) is 36.6 Å². The van der Waals surface area contributed by atoms with Gasteiger partial charge in [-0.2, -0.15) is 0 Å². The first kappa shape index (κ1) is 16.3. The number of ether oxygens (including phenoxy) is 1. The lowest BCUT2D eigenvalue weighted by molar-refractivity contribution is 0.199. The minimum absolute atomic E-state index is 0.215. The average molecular weight is 373 g/mol. The van der Waals surface area contributed by atoms with Gasteiger partial charge in [0.25, 0.3) is 0 Å². The summed E-state index contributed by atoms with van der Waals surface area (Å²) in [6, 6.07) is 6.08. The second-order valence-electron chi connectivity index (χ2n) is 4.39. The summed E-state index contributed by atoms with van der Waals surface area (Å²) in [4.78, 5) is 12.5. The highest BCUT2D eigenvalue weighted by Crippen LogP contribution is 2.30. The van der Waals surface area contributed by atoms with Gasteiger partial charge < -0.3 is 10.1 Å². The van der Waals surface area contributed by atoms with Crippen molar-refractivity contribution in [3.63, 3.8) is 0 Å². The number of rotatable bonds is 7. The van der Waals surface area contributed by atoms with Gasteiger partial charge in [0.1, 0.15) is 0 Å². The van der Waals surface area contributed by atoms with Crippen molar-refractivity contribution in [2.75, 3.05) is 20.3 Å². The lowest BCUT2D eigenvalue weighted by atomic mass is 10.2. The third-order valence-corrected chi connectivity index (χ3v) is 4.51. The van der Waals surface area contributed by atoms with E-state index in [1.54, 1.807) is 14.2 Å². The quantitative estimate of drug-likeness (QED) is 0.724. The minimum atomic E-state index is -0.215. The minimum Gasteiger partial charge on any atom is -0.383 e. The van der Waals surface area contributed by atoms with Gasteiger partial charge in [-0.15, -0.1) is 5.10 Å². The first-order chi connectivity index (χ1) is 10.1. The normalized spacial score (nSPS) is 11.0. The molecule has 0 radical (unpaired) electrons. The summed E-state index contributed by atoms with van der Waals surface area (Å²) in [5.41, 5.74) is 0.932. The monoisotopic (exact) mass is 372 g/mol. The molecule has 0 aliphatic rings. The fourth-order valence-electron chi connectivity index (χ4n) is 1.69. The smallest absolute Gasteiger partial charge is 0.343 e. The predicted molar refractivity (Wildman–Crippen MR) is 85.7 cm³/mol. The van der Waals surface area contributed by atoms with Crippen LogP contribution in [0.25, 0.3) is 0 Å². The molecule has 6 nitrogen and oxygen atoms in total. The Bertz CT molecular complexity index is 656. The number of H-pyrrole nitrogens is 1. The topological polar surface area (TPSA) is 71.9 Å². The SMILES string of the molecule is COCCNCc1ccc(Br)cc1Sc1n[nH]c(=O)n1C. The number of benzene rings is 1. The number of aromatic nitrogens is 3. The van der Waals surface area contributed by atoms with Gasteiger partial charge in [-0.05, 0) is 29.5 Å². The van der Waals surface area contributed by atoms with E-state index in [1.807, 2.05) is 12.1 Å². The molecule has 2 N–H and O–H groups in total. The zero-order valence-corrected chi connectivity index (χ0v) is 14.3. The van der Waals surface area contributed by atoms with Crippen molar-refractivity contribution >= 4 is 27.7 Å². The second kappa shape index (κ2) is 7.79. The van der Waals surface area contributed by atoms with Gasteiger partial charge >= 0.3 is 5.69 Å². The van der Waals surface area contributed by atoms with Crippen molar-refractivity contribution in [3.05, 3.63) is 38.7 Å². The average Bonchev–Trinajstić information content (AvgIpc) is 2.77. The number of aromatic amines is 1. The summed E-state index contributed by atoms with van der Waals surface area (Å²) in [5, 5.41) is 10.4. The lowest BCUT2D eigenvalue weighted by Crippen LogP contribution is -2.19. The molecule has 1 aromatic heterocycles. The van der Waals surface area contributed by atoms with Gasteiger partial charge in [0.05, 0.1) is 6.61 Å². The molecule has 0 bridgehead atoms. The molecule has 114 valence electrons. The molecule has 0 spiro atoms. The van der Waals surface area contributed by atoms with Gasteiger partial charge in [-0.25, -0.2) is 9.89 Å². The van der Waals surface area contributed by atoms with Crippen molar-refractivity contribution in [2.24, 2.45) is 7.05 Å². The number of methoxy groups -OCH3 is 1. The third kappa shape index (κ3) is 4.44. The molecule has 0 saturated carbocycles. The standard InChI is InChI=1S/C13H17BrN4O2S/c1-18-12(19)16-17-13(18)21-11-7-10(14)4-3-9(11)8-15-5-6-20-2/h3-4,7,15H,5-6,8H2,1-2H3,(H,16,19). The molecule has 21 heavy (non-hydrogen) atoms. The number of halogens is 1. The van der Waals surface area contributed by atoms with Gasteiger partial charge in [-0.3, -0.25) is 4.57 Å². The lowest BCUT2D eigenvalue weighted by Gasteiger charge is -2.10. The van der Waals surface area contributed by atoms with Crippen LogP contribution >= 0.6 is 27.7 Å². The van der Waals surface area contributed by atoms with E-state index < -0.39 is 0 Å². The summed E-state index contributed by atoms with van der Waals surface area (Å²) in [6.07, 6.45) is 0. The molecule has 0 unspecified atom stereocenters. The van der Waals surface area contributed by atoms with E-state index in [1.165, 1.54) is 16.3 Å². The zero-order valence-electron chi connectivity index (χ0n) is 11.9. The van der Waals surface area contributed by atoms with Crippen LogP contribution in [0, 0.1) is 0 Å². The van der Waals surface area contributed by atoms with E-state index in [0.29, 0.717) is 11.8 Å². The van der Waals surface area contributed by atoms with Crippen molar-refractivity contribution in [3.8, 4) is 0 Å². The van der Waals surface area contributed by atoms with Crippen LogP contribution in [0.5, 0.6) is 0 Å². The Labute approximate surface area is 135 Å². The summed E-state index contributed by atoms with van der Waals surface area (Å²) >= 11 is 4.93. The number of hydrogen-bond donors (Lipinski definition) is 2. The second-order valence-corrected chi connectivity index (χ2v) is 6.32. The largest absolute Gasteiger partial charge is 0.383 e. The van der Waals surface area contributed by atoms with E-state index in [-0.39, 0.29) is 5.69 Å². The molecule has 1 aromatic carbocycles. The molecule has 0 saturated heterocycles. The number of nitrogens with one attached hydrogen (secondary N) is 2. The fourth-order valence-corrected chi connectivity index (χ4v) is 3.17. The summed E-state index contributed by atoms with van der Waals surface area (Å²) < 4.78 is 7.50. The maximum absolute atomic E-state index is 11.4. The molecule has 0 fully saturated rings. The molecule has 0 aliphatic carbocycles. The van der Waals surface area contributed by atoms with Crippen LogP contribution in [0.2, 0.25) is 0 Å². The van der Waals surface area contributed by atoms with E-state index >= 15 is 0 Å². The highest BCUT2D eigenvalue weighted by molar-refractivity contribution is 9.10. The maximum Gasteiger partial charge on any atom is 0.343 e.